The quantitative estimate of drug-likeness (QED) is 0.717. The van der Waals surface area contributed by atoms with E-state index in [4.69, 9.17) is 21.3 Å². The Bertz CT molecular complexity index is 803. The first-order chi connectivity index (χ1) is 9.80. The standard InChI is InChI=1S/C13H13N3O4S/c14-12-10(6-3-7-11(12)21(16,18)19)20-9-5-2-1-4-8(9)13(15)17/h1-7H,14H2,(H2,15,17)(H2,16,18,19). The molecule has 110 valence electrons. The highest BCUT2D eigenvalue weighted by Gasteiger charge is 2.17. The number of amides is 1. The number of hydrogen-bond donors (Lipinski definition) is 3. The molecule has 0 atom stereocenters. The van der Waals surface area contributed by atoms with E-state index in [1.165, 1.54) is 30.3 Å². The molecule has 0 saturated heterocycles. The number of carbonyl (C=O) groups excluding carboxylic acids is 1. The summed E-state index contributed by atoms with van der Waals surface area (Å²) in [5.41, 5.74) is 11.0. The summed E-state index contributed by atoms with van der Waals surface area (Å²) in [7, 11) is -3.97. The molecule has 0 aliphatic carbocycles. The number of para-hydroxylation sites is 2. The minimum absolute atomic E-state index is 0.0650. The van der Waals surface area contributed by atoms with E-state index in [1.54, 1.807) is 12.1 Å². The summed E-state index contributed by atoms with van der Waals surface area (Å²) in [6.45, 7) is 0. The molecule has 0 heterocycles. The minimum Gasteiger partial charge on any atom is -0.454 e. The van der Waals surface area contributed by atoms with Crippen molar-refractivity contribution in [2.45, 2.75) is 4.90 Å². The van der Waals surface area contributed by atoms with Gasteiger partial charge in [0.2, 0.25) is 10.0 Å². The van der Waals surface area contributed by atoms with E-state index in [0.29, 0.717) is 0 Å². The van der Waals surface area contributed by atoms with E-state index < -0.39 is 15.9 Å². The zero-order chi connectivity index (χ0) is 15.6. The molecule has 0 aliphatic rings. The number of anilines is 1. The topological polar surface area (TPSA) is 138 Å². The third-order valence-corrected chi connectivity index (χ3v) is 3.67. The Hall–Kier alpha value is -2.58. The van der Waals surface area contributed by atoms with Crippen molar-refractivity contribution in [3.63, 3.8) is 0 Å². The number of carbonyl (C=O) groups is 1. The van der Waals surface area contributed by atoms with Crippen molar-refractivity contribution in [2.75, 3.05) is 5.73 Å². The third kappa shape index (κ3) is 3.12. The van der Waals surface area contributed by atoms with Crippen molar-refractivity contribution in [3.05, 3.63) is 48.0 Å². The fraction of sp³-hybridized carbons (Fsp3) is 0. The lowest BCUT2D eigenvalue weighted by Gasteiger charge is -2.12. The molecule has 0 aromatic heterocycles. The number of hydrogen-bond acceptors (Lipinski definition) is 5. The zero-order valence-corrected chi connectivity index (χ0v) is 11.6. The molecule has 7 nitrogen and oxygen atoms in total. The van der Waals surface area contributed by atoms with Crippen LogP contribution in [0.5, 0.6) is 11.5 Å². The number of sulfonamides is 1. The maximum absolute atomic E-state index is 11.4. The van der Waals surface area contributed by atoms with Crippen LogP contribution in [-0.4, -0.2) is 14.3 Å². The Morgan fingerprint density at radius 1 is 1.00 bits per heavy atom. The van der Waals surface area contributed by atoms with E-state index >= 15 is 0 Å². The first kappa shape index (κ1) is 14.8. The van der Waals surface area contributed by atoms with Crippen LogP contribution in [0.15, 0.2) is 47.4 Å². The summed E-state index contributed by atoms with van der Waals surface area (Å²) in [6, 6.07) is 10.4. The van der Waals surface area contributed by atoms with Gasteiger partial charge in [-0.2, -0.15) is 0 Å². The Morgan fingerprint density at radius 3 is 2.24 bits per heavy atom. The Labute approximate surface area is 121 Å². The molecule has 0 unspecified atom stereocenters. The van der Waals surface area contributed by atoms with Gasteiger partial charge in [0.1, 0.15) is 10.6 Å². The van der Waals surface area contributed by atoms with Crippen LogP contribution in [0.1, 0.15) is 10.4 Å². The molecule has 0 bridgehead atoms. The van der Waals surface area contributed by atoms with E-state index in [2.05, 4.69) is 0 Å². The Balaban J connectivity index is 2.49. The second kappa shape index (κ2) is 5.43. The number of nitrogen functional groups attached to an aromatic ring is 1. The average Bonchev–Trinajstić information content (AvgIpc) is 2.40. The van der Waals surface area contributed by atoms with Crippen LogP contribution in [0.3, 0.4) is 0 Å². The number of primary amides is 1. The van der Waals surface area contributed by atoms with Crippen LogP contribution in [0, 0.1) is 0 Å². The lowest BCUT2D eigenvalue weighted by molar-refractivity contribution is 0.0998. The van der Waals surface area contributed by atoms with Gasteiger partial charge >= 0.3 is 0 Å². The van der Waals surface area contributed by atoms with Crippen LogP contribution in [0.25, 0.3) is 0 Å². The molecule has 0 fully saturated rings. The predicted molar refractivity (Wildman–Crippen MR) is 77.3 cm³/mol. The van der Waals surface area contributed by atoms with E-state index in [0.717, 1.165) is 0 Å². The van der Waals surface area contributed by atoms with Gasteiger partial charge in [0, 0.05) is 0 Å². The molecule has 21 heavy (non-hydrogen) atoms. The second-order valence-electron chi connectivity index (χ2n) is 4.18. The highest BCUT2D eigenvalue weighted by molar-refractivity contribution is 7.89. The molecule has 1 amide bonds. The lowest BCUT2D eigenvalue weighted by atomic mass is 10.2. The van der Waals surface area contributed by atoms with E-state index in [-0.39, 0.29) is 27.6 Å². The van der Waals surface area contributed by atoms with Gasteiger partial charge in [-0.05, 0) is 24.3 Å². The normalized spacial score (nSPS) is 11.1. The molecule has 0 spiro atoms. The van der Waals surface area contributed by atoms with Gasteiger partial charge in [0.05, 0.1) is 11.3 Å². The minimum atomic E-state index is -3.97. The van der Waals surface area contributed by atoms with Gasteiger partial charge < -0.3 is 16.2 Å². The lowest BCUT2D eigenvalue weighted by Crippen LogP contribution is -2.15. The van der Waals surface area contributed by atoms with Crippen LogP contribution >= 0.6 is 0 Å². The summed E-state index contributed by atoms with van der Waals surface area (Å²) in [4.78, 5) is 11.1. The molecule has 2 aromatic carbocycles. The predicted octanol–water partition coefficient (Wildman–Crippen LogP) is 0.807. The molecule has 0 aliphatic heterocycles. The van der Waals surface area contributed by atoms with Gasteiger partial charge in [0.15, 0.2) is 5.75 Å². The van der Waals surface area contributed by atoms with Crippen molar-refractivity contribution >= 4 is 21.6 Å². The van der Waals surface area contributed by atoms with Crippen LogP contribution in [-0.2, 0) is 10.0 Å². The number of benzene rings is 2. The molecular formula is C13H13N3O4S. The second-order valence-corrected chi connectivity index (χ2v) is 5.71. The van der Waals surface area contributed by atoms with Crippen molar-refractivity contribution in [2.24, 2.45) is 10.9 Å². The first-order valence-electron chi connectivity index (χ1n) is 5.78. The van der Waals surface area contributed by atoms with Gasteiger partial charge in [-0.25, -0.2) is 13.6 Å². The largest absolute Gasteiger partial charge is 0.454 e. The Morgan fingerprint density at radius 2 is 1.62 bits per heavy atom. The number of ether oxygens (including phenoxy) is 1. The summed E-state index contributed by atoms with van der Waals surface area (Å²) in [6.07, 6.45) is 0. The maximum atomic E-state index is 11.4. The molecule has 0 saturated carbocycles. The van der Waals surface area contributed by atoms with Crippen molar-refractivity contribution < 1.29 is 17.9 Å². The molecule has 8 heteroatoms. The fourth-order valence-electron chi connectivity index (χ4n) is 1.74. The van der Waals surface area contributed by atoms with Gasteiger partial charge in [0.25, 0.3) is 5.91 Å². The first-order valence-corrected chi connectivity index (χ1v) is 7.33. The third-order valence-electron chi connectivity index (χ3n) is 2.71. The van der Waals surface area contributed by atoms with Crippen molar-refractivity contribution in [1.82, 2.24) is 0 Å². The van der Waals surface area contributed by atoms with Gasteiger partial charge in [-0.15, -0.1) is 0 Å². The van der Waals surface area contributed by atoms with Gasteiger partial charge in [-0.1, -0.05) is 18.2 Å². The monoisotopic (exact) mass is 307 g/mol. The van der Waals surface area contributed by atoms with E-state index in [1.807, 2.05) is 0 Å². The number of nitrogens with two attached hydrogens (primary N) is 3. The maximum Gasteiger partial charge on any atom is 0.252 e. The highest BCUT2D eigenvalue weighted by atomic mass is 32.2. The van der Waals surface area contributed by atoms with Crippen molar-refractivity contribution in [1.29, 1.82) is 0 Å². The zero-order valence-electron chi connectivity index (χ0n) is 10.8. The SMILES string of the molecule is NC(=O)c1ccccc1Oc1cccc(S(N)(=O)=O)c1N. The number of primary sulfonamides is 1. The summed E-state index contributed by atoms with van der Waals surface area (Å²) in [5.74, 6) is -0.440. The van der Waals surface area contributed by atoms with Crippen LogP contribution in [0.2, 0.25) is 0 Å². The molecule has 6 N–H and O–H groups in total. The van der Waals surface area contributed by atoms with Gasteiger partial charge in [-0.3, -0.25) is 4.79 Å². The van der Waals surface area contributed by atoms with E-state index in [9.17, 15) is 13.2 Å². The molecule has 2 rings (SSSR count). The van der Waals surface area contributed by atoms with Crippen LogP contribution < -0.4 is 21.3 Å². The Kier molecular flexibility index (Phi) is 3.83. The highest BCUT2D eigenvalue weighted by Crippen LogP contribution is 2.33. The number of rotatable bonds is 4. The summed E-state index contributed by atoms with van der Waals surface area (Å²) >= 11 is 0. The fourth-order valence-corrected chi connectivity index (χ4v) is 2.41. The van der Waals surface area contributed by atoms with Crippen LogP contribution in [0.4, 0.5) is 5.69 Å². The summed E-state index contributed by atoms with van der Waals surface area (Å²) < 4.78 is 28.3. The molecular weight excluding hydrogens is 294 g/mol. The summed E-state index contributed by atoms with van der Waals surface area (Å²) in [5, 5.41) is 5.06. The average molecular weight is 307 g/mol. The molecule has 2 aromatic rings. The smallest absolute Gasteiger partial charge is 0.252 e. The molecule has 0 radical (unpaired) electrons. The van der Waals surface area contributed by atoms with Crippen molar-refractivity contribution in [3.8, 4) is 11.5 Å².